The predicted octanol–water partition coefficient (Wildman–Crippen LogP) is 30.7. The van der Waals surface area contributed by atoms with Gasteiger partial charge in [-0.25, -0.2) is 9.13 Å². The number of rotatable bonds is 93. The van der Waals surface area contributed by atoms with Crippen LogP contribution in [0.25, 0.3) is 0 Å². The molecule has 0 radical (unpaired) electrons. The van der Waals surface area contributed by atoms with Crippen LogP contribution in [0.3, 0.4) is 0 Å². The van der Waals surface area contributed by atoms with E-state index >= 15 is 0 Å². The molecule has 0 spiro atoms. The predicted molar refractivity (Wildman–Crippen MR) is 509 cm³/mol. The van der Waals surface area contributed by atoms with Crippen molar-refractivity contribution in [3.8, 4) is 0 Å². The van der Waals surface area contributed by atoms with E-state index in [4.69, 9.17) is 32.3 Å². The molecule has 0 amide bonds. The van der Waals surface area contributed by atoms with Crippen molar-refractivity contribution >= 4 is 33.6 Å². The normalized spacial score (nSPS) is 14.3. The standard InChI is InChI=1S/C103H180O16P2/c1-4-7-10-13-16-19-22-25-28-30-32-34-36-38-40-42-44-46-48-50-52-54-56-58-60-62-64-66-69-71-74-77-80-83-86-89-101(106)113-92-98(104)93-115-120(109,110)116-94-99(105)95-117-121(111,112)118-97-100(119-103(108)91-88-85-82-79-76-73-68-27-24-21-18-15-12-9-6-3)96-114-102(107)90-87-84-81-78-75-72-70-67-65-63-61-59-57-55-53-51-49-47-45-43-41-39-37-35-33-31-29-26-23-20-17-14-11-8-5-2/h7-8,10-11,16-21,25-29,32-35,38-41,68,98-100,104-105H,4-6,9,12-15,22-24,30-31,36-37,42-67,69-97H2,1-3H3,(H,109,110)(H,111,112)/b10-7-,11-8-,19-16-,20-17-,21-18-,28-25-,29-26-,34-32-,35-33-,40-38-,41-39-,68-27-. The molecule has 0 aromatic carbocycles. The summed E-state index contributed by atoms with van der Waals surface area (Å²) < 4.78 is 61.5. The third-order valence-corrected chi connectivity index (χ3v) is 22.9. The molecule has 5 unspecified atom stereocenters. The number of hydrogen-bond acceptors (Lipinski definition) is 14. The first kappa shape index (κ1) is 116. The lowest BCUT2D eigenvalue weighted by Gasteiger charge is -2.21. The molecule has 0 heterocycles. The van der Waals surface area contributed by atoms with Crippen LogP contribution in [-0.4, -0.2) is 95.9 Å². The lowest BCUT2D eigenvalue weighted by Crippen LogP contribution is -2.30. The number of carbonyl (C=O) groups is 3. The fourth-order valence-corrected chi connectivity index (χ4v) is 15.2. The summed E-state index contributed by atoms with van der Waals surface area (Å²) in [6.07, 6.45) is 121. The van der Waals surface area contributed by atoms with E-state index in [9.17, 15) is 43.5 Å². The highest BCUT2D eigenvalue weighted by atomic mass is 31.2. The fraction of sp³-hybridized carbons (Fsp3) is 0.738. The van der Waals surface area contributed by atoms with Gasteiger partial charge in [-0.1, -0.05) is 417 Å². The molecule has 121 heavy (non-hydrogen) atoms. The Labute approximate surface area is 740 Å². The highest BCUT2D eigenvalue weighted by Gasteiger charge is 2.30. The number of aliphatic hydroxyl groups excluding tert-OH is 2. The molecule has 0 rings (SSSR count). The number of allylic oxidation sites excluding steroid dienone is 24. The summed E-state index contributed by atoms with van der Waals surface area (Å²) in [5.41, 5.74) is 0. The number of carbonyl (C=O) groups excluding carboxylic acids is 3. The molecular formula is C103H180O16P2. The number of hydrogen-bond donors (Lipinski definition) is 4. The van der Waals surface area contributed by atoms with E-state index in [1.165, 1.54) is 225 Å². The lowest BCUT2D eigenvalue weighted by molar-refractivity contribution is -0.161. The van der Waals surface area contributed by atoms with E-state index < -0.39 is 91.5 Å². The summed E-state index contributed by atoms with van der Waals surface area (Å²) >= 11 is 0. The number of phosphoric acid groups is 2. The van der Waals surface area contributed by atoms with Crippen molar-refractivity contribution in [1.82, 2.24) is 0 Å². The molecule has 0 aromatic rings. The summed E-state index contributed by atoms with van der Waals surface area (Å²) in [6.45, 7) is 2.48. The van der Waals surface area contributed by atoms with E-state index in [1.54, 1.807) is 0 Å². The average Bonchev–Trinajstić information content (AvgIpc) is 0.890. The van der Waals surface area contributed by atoms with Gasteiger partial charge in [-0.3, -0.25) is 32.5 Å². The van der Waals surface area contributed by atoms with E-state index in [0.29, 0.717) is 19.3 Å². The largest absolute Gasteiger partial charge is 0.472 e. The Bertz CT molecular complexity index is 2780. The van der Waals surface area contributed by atoms with Gasteiger partial charge in [-0.2, -0.15) is 0 Å². The Morgan fingerprint density at radius 1 is 0.240 bits per heavy atom. The fourth-order valence-electron chi connectivity index (χ4n) is 13.7. The van der Waals surface area contributed by atoms with E-state index in [-0.39, 0.29) is 19.3 Å². The van der Waals surface area contributed by atoms with Gasteiger partial charge in [0.2, 0.25) is 0 Å². The zero-order valence-electron chi connectivity index (χ0n) is 77.2. The molecule has 18 heteroatoms. The molecule has 0 bridgehead atoms. The van der Waals surface area contributed by atoms with Crippen molar-refractivity contribution in [2.75, 3.05) is 39.6 Å². The first-order valence-corrected chi connectivity index (χ1v) is 52.1. The van der Waals surface area contributed by atoms with Crippen LogP contribution in [-0.2, 0) is 55.8 Å². The third kappa shape index (κ3) is 95.9. The molecule has 0 aromatic heterocycles. The second-order valence-corrected chi connectivity index (χ2v) is 35.7. The van der Waals surface area contributed by atoms with Crippen LogP contribution in [0.5, 0.6) is 0 Å². The Morgan fingerprint density at radius 3 is 0.694 bits per heavy atom. The maximum atomic E-state index is 13.0. The maximum absolute atomic E-state index is 13.0. The number of unbranched alkanes of at least 4 members (excludes halogenated alkanes) is 46. The highest BCUT2D eigenvalue weighted by Crippen LogP contribution is 2.45. The minimum atomic E-state index is -4.94. The quantitative estimate of drug-likeness (QED) is 0.0146. The lowest BCUT2D eigenvalue weighted by atomic mass is 10.0. The minimum absolute atomic E-state index is 0.0897. The van der Waals surface area contributed by atoms with E-state index in [2.05, 4.69) is 167 Å². The van der Waals surface area contributed by atoms with Gasteiger partial charge in [0.05, 0.1) is 26.4 Å². The van der Waals surface area contributed by atoms with Crippen LogP contribution in [0.15, 0.2) is 146 Å². The molecule has 0 fully saturated rings. The molecule has 0 saturated carbocycles. The molecular weight excluding hydrogens is 1560 g/mol. The number of ether oxygens (including phenoxy) is 3. The van der Waals surface area contributed by atoms with Gasteiger partial charge >= 0.3 is 33.6 Å². The molecule has 0 aliphatic carbocycles. The smallest absolute Gasteiger partial charge is 0.463 e. The van der Waals surface area contributed by atoms with Gasteiger partial charge in [0.1, 0.15) is 25.4 Å². The monoisotopic (exact) mass is 1740 g/mol. The Balaban J connectivity index is 4.39. The van der Waals surface area contributed by atoms with Crippen LogP contribution in [0, 0.1) is 0 Å². The Kier molecular flexibility index (Phi) is 91.0. The van der Waals surface area contributed by atoms with Gasteiger partial charge < -0.3 is 34.2 Å². The summed E-state index contributed by atoms with van der Waals surface area (Å²) in [7, 11) is -9.80. The van der Waals surface area contributed by atoms with Crippen molar-refractivity contribution in [1.29, 1.82) is 0 Å². The zero-order chi connectivity index (χ0) is 87.9. The molecule has 0 aliphatic heterocycles. The SMILES string of the molecule is CC/C=C\C/C=C\C/C=C\C/C=C\C/C=C\CCCCCCCCCCCCCCCCCCCCCC(=O)OCC(O)COP(=O)(O)OCC(O)COP(=O)(O)OCC(COC(=O)CCCCCCCCCCCCCCCCCCCCC/C=C\C/C=C\C/C=C\C/C=C\C/C=C\CC)OC(=O)CCCCCCC/C=C\C/C=C\CCCCC. The molecule has 698 valence electrons. The van der Waals surface area contributed by atoms with Crippen molar-refractivity contribution in [2.45, 2.75) is 450 Å². The van der Waals surface area contributed by atoms with Gasteiger partial charge in [0.15, 0.2) is 6.10 Å². The number of esters is 3. The first-order chi connectivity index (χ1) is 59.2. The van der Waals surface area contributed by atoms with Crippen molar-refractivity contribution in [3.05, 3.63) is 146 Å². The van der Waals surface area contributed by atoms with Crippen LogP contribution >= 0.6 is 15.6 Å². The third-order valence-electron chi connectivity index (χ3n) is 21.0. The Morgan fingerprint density at radius 2 is 0.438 bits per heavy atom. The van der Waals surface area contributed by atoms with E-state index in [0.717, 1.165) is 148 Å². The second-order valence-electron chi connectivity index (χ2n) is 32.8. The molecule has 4 N–H and O–H groups in total. The summed E-state index contributed by atoms with van der Waals surface area (Å²) in [4.78, 5) is 59.0. The maximum Gasteiger partial charge on any atom is 0.472 e. The summed E-state index contributed by atoms with van der Waals surface area (Å²) in [5.74, 6) is -1.57. The molecule has 16 nitrogen and oxygen atoms in total. The van der Waals surface area contributed by atoms with Crippen molar-refractivity contribution in [3.63, 3.8) is 0 Å². The zero-order valence-corrected chi connectivity index (χ0v) is 79.0. The molecule has 5 atom stereocenters. The van der Waals surface area contributed by atoms with Crippen LogP contribution < -0.4 is 0 Å². The summed E-state index contributed by atoms with van der Waals surface area (Å²) in [6, 6.07) is 0. The first-order valence-electron chi connectivity index (χ1n) is 49.1. The van der Waals surface area contributed by atoms with Gasteiger partial charge in [0.25, 0.3) is 0 Å². The van der Waals surface area contributed by atoms with Crippen LogP contribution in [0.2, 0.25) is 0 Å². The highest BCUT2D eigenvalue weighted by molar-refractivity contribution is 7.47. The van der Waals surface area contributed by atoms with Crippen LogP contribution in [0.1, 0.15) is 432 Å². The summed E-state index contributed by atoms with van der Waals surface area (Å²) in [5, 5.41) is 20.7. The molecule has 0 saturated heterocycles. The average molecular weight is 1740 g/mol. The van der Waals surface area contributed by atoms with Gasteiger partial charge in [0, 0.05) is 19.3 Å². The topological polar surface area (TPSA) is 231 Å². The van der Waals surface area contributed by atoms with Gasteiger partial charge in [-0.15, -0.1) is 0 Å². The molecule has 0 aliphatic rings. The van der Waals surface area contributed by atoms with Gasteiger partial charge in [-0.05, 0) is 141 Å². The number of phosphoric ester groups is 2. The Hall–Kier alpha value is -4.57. The van der Waals surface area contributed by atoms with E-state index in [1.807, 2.05) is 0 Å². The van der Waals surface area contributed by atoms with Crippen molar-refractivity contribution < 1.29 is 75.8 Å². The number of aliphatic hydroxyl groups is 2. The van der Waals surface area contributed by atoms with Crippen molar-refractivity contribution in [2.24, 2.45) is 0 Å². The minimum Gasteiger partial charge on any atom is -0.463 e. The second kappa shape index (κ2) is 94.6. The van der Waals surface area contributed by atoms with Crippen LogP contribution in [0.4, 0.5) is 0 Å².